The van der Waals surface area contributed by atoms with Crippen molar-refractivity contribution in [2.24, 2.45) is 0 Å². The fraction of sp³-hybridized carbons (Fsp3) is 0.227. The van der Waals surface area contributed by atoms with Gasteiger partial charge in [0.15, 0.2) is 5.58 Å². The second-order valence-corrected chi connectivity index (χ2v) is 7.66. The zero-order valence-corrected chi connectivity index (χ0v) is 15.6. The number of anilines is 1. The molecule has 0 aliphatic carbocycles. The van der Waals surface area contributed by atoms with Crippen LogP contribution in [-0.4, -0.2) is 15.9 Å². The summed E-state index contributed by atoms with van der Waals surface area (Å²) in [5.74, 6) is 0.606. The van der Waals surface area contributed by atoms with Crippen molar-refractivity contribution in [3.05, 3.63) is 66.2 Å². The minimum absolute atomic E-state index is 0.0785. The summed E-state index contributed by atoms with van der Waals surface area (Å²) in [5, 5.41) is 3.95. The molecular formula is C22H21N3O2. The van der Waals surface area contributed by atoms with Gasteiger partial charge in [-0.15, -0.1) is 0 Å². The van der Waals surface area contributed by atoms with E-state index in [-0.39, 0.29) is 17.7 Å². The van der Waals surface area contributed by atoms with Crippen LogP contribution in [0.25, 0.3) is 22.0 Å². The van der Waals surface area contributed by atoms with Crippen molar-refractivity contribution in [1.82, 2.24) is 9.97 Å². The third-order valence-corrected chi connectivity index (χ3v) is 4.40. The molecule has 1 N–H and O–H groups in total. The molecule has 27 heavy (non-hydrogen) atoms. The Morgan fingerprint density at radius 1 is 1.07 bits per heavy atom. The van der Waals surface area contributed by atoms with Crippen LogP contribution in [0.1, 0.15) is 32.2 Å². The molecule has 0 spiro atoms. The smallest absolute Gasteiger partial charge is 0.228 e. The highest BCUT2D eigenvalue weighted by molar-refractivity contribution is 5.96. The highest BCUT2D eigenvalue weighted by Crippen LogP contribution is 2.27. The van der Waals surface area contributed by atoms with Gasteiger partial charge in [0.2, 0.25) is 11.8 Å². The second kappa shape index (κ2) is 6.50. The summed E-state index contributed by atoms with van der Waals surface area (Å²) in [4.78, 5) is 21.4. The van der Waals surface area contributed by atoms with E-state index < -0.39 is 0 Å². The van der Waals surface area contributed by atoms with E-state index in [2.05, 4.69) is 36.1 Å². The predicted octanol–water partition coefficient (Wildman–Crippen LogP) is 4.85. The molecule has 2 aromatic carbocycles. The summed E-state index contributed by atoms with van der Waals surface area (Å²) in [6.45, 7) is 6.16. The molecule has 4 rings (SSSR count). The Morgan fingerprint density at radius 3 is 2.74 bits per heavy atom. The van der Waals surface area contributed by atoms with Crippen LogP contribution < -0.4 is 5.32 Å². The molecule has 0 fully saturated rings. The number of hydrogen-bond donors (Lipinski definition) is 1. The molecule has 0 aliphatic rings. The van der Waals surface area contributed by atoms with Crippen molar-refractivity contribution >= 4 is 33.6 Å². The van der Waals surface area contributed by atoms with Gasteiger partial charge in [-0.1, -0.05) is 39.0 Å². The molecule has 4 aromatic rings. The van der Waals surface area contributed by atoms with E-state index in [1.54, 1.807) is 6.20 Å². The van der Waals surface area contributed by atoms with Crippen molar-refractivity contribution in [3.63, 3.8) is 0 Å². The van der Waals surface area contributed by atoms with Crippen molar-refractivity contribution in [2.75, 3.05) is 5.32 Å². The lowest BCUT2D eigenvalue weighted by molar-refractivity contribution is -0.115. The number of amides is 1. The minimum atomic E-state index is -0.162. The average Bonchev–Trinajstić information content (AvgIpc) is 3.06. The van der Waals surface area contributed by atoms with Crippen molar-refractivity contribution in [3.8, 4) is 0 Å². The molecule has 0 aliphatic heterocycles. The molecule has 0 atom stereocenters. The lowest BCUT2D eigenvalue weighted by atomic mass is 9.97. The van der Waals surface area contributed by atoms with E-state index in [4.69, 9.17) is 4.42 Å². The molecule has 2 heterocycles. The van der Waals surface area contributed by atoms with Gasteiger partial charge in [0.1, 0.15) is 5.52 Å². The summed E-state index contributed by atoms with van der Waals surface area (Å²) in [7, 11) is 0. The van der Waals surface area contributed by atoms with E-state index in [1.165, 1.54) is 0 Å². The topological polar surface area (TPSA) is 68.0 Å². The Balaban J connectivity index is 1.55. The molecule has 136 valence electrons. The first kappa shape index (κ1) is 17.2. The zero-order valence-electron chi connectivity index (χ0n) is 15.6. The fourth-order valence-corrected chi connectivity index (χ4v) is 3.03. The summed E-state index contributed by atoms with van der Waals surface area (Å²) < 4.78 is 5.81. The van der Waals surface area contributed by atoms with Crippen molar-refractivity contribution in [1.29, 1.82) is 0 Å². The quantitative estimate of drug-likeness (QED) is 0.567. The number of carbonyl (C=O) groups is 1. The maximum Gasteiger partial charge on any atom is 0.228 e. The standard InChI is InChI=1S/C22H21N3O2/c1-22(2,3)21-25-18-13-15(9-10-19(18)27-21)24-20(26)12-14-6-4-8-17-16(14)7-5-11-23-17/h4-11,13H,12H2,1-3H3,(H,24,26). The van der Waals surface area contributed by atoms with E-state index in [0.29, 0.717) is 11.6 Å². The van der Waals surface area contributed by atoms with E-state index in [9.17, 15) is 4.79 Å². The number of pyridine rings is 1. The molecule has 0 unspecified atom stereocenters. The highest BCUT2D eigenvalue weighted by Gasteiger charge is 2.21. The van der Waals surface area contributed by atoms with E-state index >= 15 is 0 Å². The van der Waals surface area contributed by atoms with Crippen LogP contribution in [0.2, 0.25) is 0 Å². The van der Waals surface area contributed by atoms with Crippen LogP contribution in [0.15, 0.2) is 59.1 Å². The molecule has 5 nitrogen and oxygen atoms in total. The van der Waals surface area contributed by atoms with Crippen LogP contribution in [0.4, 0.5) is 5.69 Å². The van der Waals surface area contributed by atoms with Crippen LogP contribution in [-0.2, 0) is 16.6 Å². The van der Waals surface area contributed by atoms with Crippen LogP contribution in [0, 0.1) is 0 Å². The molecule has 0 radical (unpaired) electrons. The first-order valence-electron chi connectivity index (χ1n) is 8.94. The van der Waals surface area contributed by atoms with Crippen LogP contribution >= 0.6 is 0 Å². The van der Waals surface area contributed by atoms with Gasteiger partial charge in [0.25, 0.3) is 0 Å². The summed E-state index contributed by atoms with van der Waals surface area (Å²) in [5.41, 5.74) is 3.85. The second-order valence-electron chi connectivity index (χ2n) is 7.66. The van der Waals surface area contributed by atoms with Crippen molar-refractivity contribution in [2.45, 2.75) is 32.6 Å². The number of nitrogens with zero attached hydrogens (tertiary/aromatic N) is 2. The van der Waals surface area contributed by atoms with Gasteiger partial charge in [-0.25, -0.2) is 4.98 Å². The number of carbonyl (C=O) groups excluding carboxylic acids is 1. The third kappa shape index (κ3) is 3.53. The molecule has 0 saturated heterocycles. The SMILES string of the molecule is CC(C)(C)c1nc2cc(NC(=O)Cc3cccc4ncccc34)ccc2o1. The summed E-state index contributed by atoms with van der Waals surface area (Å²) in [6.07, 6.45) is 2.04. The van der Waals surface area contributed by atoms with Crippen molar-refractivity contribution < 1.29 is 9.21 Å². The van der Waals surface area contributed by atoms with Gasteiger partial charge < -0.3 is 9.73 Å². The number of aromatic nitrogens is 2. The number of rotatable bonds is 3. The van der Waals surface area contributed by atoms with E-state index in [0.717, 1.165) is 27.6 Å². The molecule has 0 bridgehead atoms. The molecule has 2 aromatic heterocycles. The Labute approximate surface area is 157 Å². The largest absolute Gasteiger partial charge is 0.440 e. The van der Waals surface area contributed by atoms with Crippen LogP contribution in [0.5, 0.6) is 0 Å². The normalized spacial score (nSPS) is 11.8. The van der Waals surface area contributed by atoms with Gasteiger partial charge >= 0.3 is 0 Å². The predicted molar refractivity (Wildman–Crippen MR) is 107 cm³/mol. The fourth-order valence-electron chi connectivity index (χ4n) is 3.03. The summed E-state index contributed by atoms with van der Waals surface area (Å²) in [6, 6.07) is 15.2. The van der Waals surface area contributed by atoms with E-state index in [1.807, 2.05) is 48.5 Å². The minimum Gasteiger partial charge on any atom is -0.440 e. The Bertz CT molecular complexity index is 1130. The van der Waals surface area contributed by atoms with Gasteiger partial charge in [-0.05, 0) is 35.9 Å². The van der Waals surface area contributed by atoms with Gasteiger partial charge in [0.05, 0.1) is 11.9 Å². The third-order valence-electron chi connectivity index (χ3n) is 4.40. The molecule has 0 saturated carbocycles. The number of fused-ring (bicyclic) bond motifs is 2. The van der Waals surface area contributed by atoms with Crippen LogP contribution in [0.3, 0.4) is 0 Å². The Morgan fingerprint density at radius 2 is 1.93 bits per heavy atom. The monoisotopic (exact) mass is 359 g/mol. The van der Waals surface area contributed by atoms with Gasteiger partial charge in [-0.3, -0.25) is 9.78 Å². The molecule has 1 amide bonds. The lowest BCUT2D eigenvalue weighted by Crippen LogP contribution is -2.14. The van der Waals surface area contributed by atoms with Gasteiger partial charge in [0, 0.05) is 22.7 Å². The van der Waals surface area contributed by atoms with Gasteiger partial charge in [-0.2, -0.15) is 0 Å². The molecular weight excluding hydrogens is 338 g/mol. The number of benzene rings is 2. The first-order valence-corrected chi connectivity index (χ1v) is 8.94. The zero-order chi connectivity index (χ0) is 19.0. The maximum atomic E-state index is 12.6. The number of nitrogens with one attached hydrogen (secondary N) is 1. The number of oxazole rings is 1. The molecule has 5 heteroatoms. The Hall–Kier alpha value is -3.21. The number of hydrogen-bond acceptors (Lipinski definition) is 4. The highest BCUT2D eigenvalue weighted by atomic mass is 16.3. The maximum absolute atomic E-state index is 12.6. The average molecular weight is 359 g/mol. The lowest BCUT2D eigenvalue weighted by Gasteiger charge is -2.11. The Kier molecular flexibility index (Phi) is 4.15. The first-order chi connectivity index (χ1) is 12.9. The summed E-state index contributed by atoms with van der Waals surface area (Å²) >= 11 is 0.